The maximum Gasteiger partial charge on any atom is 0.00981 e. The van der Waals surface area contributed by atoms with Gasteiger partial charge in [0.2, 0.25) is 0 Å². The van der Waals surface area contributed by atoms with Crippen LogP contribution in [-0.4, -0.2) is 12.6 Å². The minimum atomic E-state index is 0.552. The van der Waals surface area contributed by atoms with E-state index in [2.05, 4.69) is 39.9 Å². The Morgan fingerprint density at radius 2 is 1.39 bits per heavy atom. The van der Waals surface area contributed by atoms with Gasteiger partial charge in [0.05, 0.1) is 0 Å². The average molecular weight is 390 g/mol. The van der Waals surface area contributed by atoms with E-state index in [1.807, 2.05) is 0 Å². The SMILES string of the molecule is CC1CCCCCC(C2(C)CC2C)C(C2CCCC(C)(C)CCCN2)CCC1. The van der Waals surface area contributed by atoms with Gasteiger partial charge in [0.1, 0.15) is 0 Å². The molecule has 3 rings (SSSR count). The van der Waals surface area contributed by atoms with Gasteiger partial charge < -0.3 is 5.32 Å². The minimum absolute atomic E-state index is 0.552. The molecular weight excluding hydrogens is 338 g/mol. The van der Waals surface area contributed by atoms with Crippen LogP contribution >= 0.6 is 0 Å². The molecule has 0 spiro atoms. The van der Waals surface area contributed by atoms with Crippen LogP contribution < -0.4 is 5.32 Å². The van der Waals surface area contributed by atoms with E-state index in [0.29, 0.717) is 10.8 Å². The van der Waals surface area contributed by atoms with Gasteiger partial charge in [0, 0.05) is 6.04 Å². The van der Waals surface area contributed by atoms with Crippen LogP contribution in [0.4, 0.5) is 0 Å². The zero-order chi connectivity index (χ0) is 20.2. The summed E-state index contributed by atoms with van der Waals surface area (Å²) in [5, 5.41) is 4.12. The van der Waals surface area contributed by atoms with Crippen molar-refractivity contribution < 1.29 is 0 Å². The van der Waals surface area contributed by atoms with E-state index in [-0.39, 0.29) is 0 Å². The Bertz CT molecular complexity index is 469. The molecule has 1 heterocycles. The second kappa shape index (κ2) is 9.84. The summed E-state index contributed by atoms with van der Waals surface area (Å²) < 4.78 is 0. The molecule has 0 aromatic carbocycles. The molecule has 1 heteroatoms. The van der Waals surface area contributed by atoms with Crippen LogP contribution in [0.15, 0.2) is 0 Å². The molecule has 28 heavy (non-hydrogen) atoms. The van der Waals surface area contributed by atoms with Gasteiger partial charge in [-0.25, -0.2) is 0 Å². The van der Waals surface area contributed by atoms with Crippen molar-refractivity contribution in [3.63, 3.8) is 0 Å². The van der Waals surface area contributed by atoms with Crippen molar-refractivity contribution in [3.8, 4) is 0 Å². The van der Waals surface area contributed by atoms with E-state index < -0.39 is 0 Å². The molecule has 0 radical (unpaired) electrons. The molecule has 164 valence electrons. The first kappa shape index (κ1) is 22.6. The van der Waals surface area contributed by atoms with E-state index in [1.165, 1.54) is 96.4 Å². The number of hydrogen-bond donors (Lipinski definition) is 1. The second-order valence-electron chi connectivity index (χ2n) is 12.3. The molecule has 1 N–H and O–H groups in total. The molecule has 1 saturated heterocycles. The molecule has 0 aromatic heterocycles. The lowest BCUT2D eigenvalue weighted by atomic mass is 9.69. The van der Waals surface area contributed by atoms with Crippen molar-refractivity contribution in [1.29, 1.82) is 0 Å². The van der Waals surface area contributed by atoms with Gasteiger partial charge >= 0.3 is 0 Å². The van der Waals surface area contributed by atoms with Crippen molar-refractivity contribution in [2.75, 3.05) is 6.54 Å². The largest absolute Gasteiger partial charge is 0.314 e. The molecule has 3 aliphatic rings. The van der Waals surface area contributed by atoms with Gasteiger partial charge in [-0.1, -0.05) is 79.6 Å². The Labute approximate surface area is 177 Å². The zero-order valence-corrected chi connectivity index (χ0v) is 20.0. The molecule has 0 aromatic rings. The zero-order valence-electron chi connectivity index (χ0n) is 20.0. The summed E-state index contributed by atoms with van der Waals surface area (Å²) in [6, 6.07) is 0.777. The minimum Gasteiger partial charge on any atom is -0.314 e. The molecule has 1 nitrogen and oxygen atoms in total. The highest BCUT2D eigenvalue weighted by molar-refractivity contribution is 5.04. The first-order chi connectivity index (χ1) is 13.3. The molecular formula is C27H51N. The van der Waals surface area contributed by atoms with Gasteiger partial charge in [-0.3, -0.25) is 0 Å². The third-order valence-electron chi connectivity index (χ3n) is 9.34. The van der Waals surface area contributed by atoms with Gasteiger partial charge in [-0.15, -0.1) is 0 Å². The highest BCUT2D eigenvalue weighted by Gasteiger charge is 2.54. The fourth-order valence-electron chi connectivity index (χ4n) is 6.96. The first-order valence-corrected chi connectivity index (χ1v) is 13.1. The van der Waals surface area contributed by atoms with Crippen LogP contribution in [0.5, 0.6) is 0 Å². The van der Waals surface area contributed by atoms with Gasteiger partial charge in [-0.2, -0.15) is 0 Å². The van der Waals surface area contributed by atoms with E-state index in [4.69, 9.17) is 0 Å². The normalized spacial score (nSPS) is 43.8. The number of hydrogen-bond acceptors (Lipinski definition) is 1. The van der Waals surface area contributed by atoms with Crippen molar-refractivity contribution in [2.45, 2.75) is 131 Å². The van der Waals surface area contributed by atoms with E-state index in [9.17, 15) is 0 Å². The van der Waals surface area contributed by atoms with Crippen LogP contribution in [0, 0.1) is 34.5 Å². The van der Waals surface area contributed by atoms with Crippen LogP contribution in [-0.2, 0) is 0 Å². The van der Waals surface area contributed by atoms with E-state index >= 15 is 0 Å². The molecule has 1 aliphatic heterocycles. The van der Waals surface area contributed by atoms with Crippen molar-refractivity contribution in [3.05, 3.63) is 0 Å². The van der Waals surface area contributed by atoms with Gasteiger partial charge in [-0.05, 0) is 86.0 Å². The summed E-state index contributed by atoms with van der Waals surface area (Å²) in [4.78, 5) is 0. The molecule has 2 saturated carbocycles. The first-order valence-electron chi connectivity index (χ1n) is 13.1. The molecule has 0 amide bonds. The van der Waals surface area contributed by atoms with Crippen LogP contribution in [0.3, 0.4) is 0 Å². The van der Waals surface area contributed by atoms with Crippen molar-refractivity contribution in [2.24, 2.45) is 34.5 Å². The number of rotatable bonds is 2. The molecule has 6 atom stereocenters. The second-order valence-corrected chi connectivity index (χ2v) is 12.3. The van der Waals surface area contributed by atoms with Gasteiger partial charge in [0.15, 0.2) is 0 Å². The monoisotopic (exact) mass is 389 g/mol. The molecule has 2 aliphatic carbocycles. The Balaban J connectivity index is 1.75. The predicted molar refractivity (Wildman–Crippen MR) is 124 cm³/mol. The lowest BCUT2D eigenvalue weighted by Crippen LogP contribution is -2.42. The van der Waals surface area contributed by atoms with E-state index in [1.54, 1.807) is 0 Å². The smallest absolute Gasteiger partial charge is 0.00981 e. The van der Waals surface area contributed by atoms with Crippen LogP contribution in [0.1, 0.15) is 125 Å². The highest BCUT2D eigenvalue weighted by Crippen LogP contribution is 2.61. The summed E-state index contributed by atoms with van der Waals surface area (Å²) in [6.45, 7) is 13.9. The Kier molecular flexibility index (Phi) is 7.96. The average Bonchev–Trinajstić information content (AvgIpc) is 3.23. The summed E-state index contributed by atoms with van der Waals surface area (Å²) >= 11 is 0. The molecule has 3 fully saturated rings. The Morgan fingerprint density at radius 1 is 0.714 bits per heavy atom. The quantitative estimate of drug-likeness (QED) is 0.504. The maximum atomic E-state index is 4.12. The number of nitrogens with one attached hydrogen (secondary N) is 1. The summed E-state index contributed by atoms with van der Waals surface area (Å²) in [5.74, 6) is 3.78. The maximum absolute atomic E-state index is 4.12. The lowest BCUT2D eigenvalue weighted by Gasteiger charge is -2.39. The summed E-state index contributed by atoms with van der Waals surface area (Å²) in [7, 11) is 0. The van der Waals surface area contributed by atoms with E-state index in [0.717, 1.165) is 29.7 Å². The van der Waals surface area contributed by atoms with Crippen LogP contribution in [0.25, 0.3) is 0 Å². The van der Waals surface area contributed by atoms with Crippen molar-refractivity contribution in [1.82, 2.24) is 5.32 Å². The Morgan fingerprint density at radius 3 is 2.14 bits per heavy atom. The summed E-state index contributed by atoms with van der Waals surface area (Å²) in [5.41, 5.74) is 1.19. The van der Waals surface area contributed by atoms with Crippen LogP contribution in [0.2, 0.25) is 0 Å². The Hall–Kier alpha value is -0.0400. The highest BCUT2D eigenvalue weighted by atomic mass is 14.9. The van der Waals surface area contributed by atoms with Gasteiger partial charge in [0.25, 0.3) is 0 Å². The standard InChI is InChI=1S/C27H51N/c1-21-12-7-6-8-15-24(27(5)20-22(27)2)23(14-9-13-21)25-16-10-17-26(3,4)18-11-19-28-25/h21-25,28H,6-20H2,1-5H3. The third-order valence-corrected chi connectivity index (χ3v) is 9.34. The third kappa shape index (κ3) is 5.99. The molecule has 0 bridgehead atoms. The lowest BCUT2D eigenvalue weighted by molar-refractivity contribution is 0.130. The summed E-state index contributed by atoms with van der Waals surface area (Å²) in [6.07, 6.45) is 20.4. The molecule has 6 unspecified atom stereocenters. The predicted octanol–water partition coefficient (Wildman–Crippen LogP) is 7.98. The topological polar surface area (TPSA) is 12.0 Å². The fourth-order valence-corrected chi connectivity index (χ4v) is 6.96. The fraction of sp³-hybridized carbons (Fsp3) is 1.00. The van der Waals surface area contributed by atoms with Crippen molar-refractivity contribution >= 4 is 0 Å².